The average molecular weight is 423 g/mol. The monoisotopic (exact) mass is 423 g/mol. The van der Waals surface area contributed by atoms with Crippen molar-refractivity contribution in [2.45, 2.75) is 40.3 Å². The number of hydrogen-bond donors (Lipinski definition) is 2. The van der Waals surface area contributed by atoms with Crippen LogP contribution in [0.1, 0.15) is 56.9 Å². The van der Waals surface area contributed by atoms with Crippen molar-refractivity contribution < 1.29 is 33.8 Å². The van der Waals surface area contributed by atoms with Gasteiger partial charge in [-0.15, -0.1) is 11.3 Å². The van der Waals surface area contributed by atoms with Crippen molar-refractivity contribution in [3.8, 4) is 0 Å². The summed E-state index contributed by atoms with van der Waals surface area (Å²) in [6, 6.07) is 1.34. The Morgan fingerprint density at radius 1 is 1.28 bits per heavy atom. The fourth-order valence-electron chi connectivity index (χ4n) is 2.46. The first-order chi connectivity index (χ1) is 13.6. The standard InChI is InChI=1S/C18H21N3O7S/c1-5-27-18(26)14-10(4)13(17(25)28-9(2)3)16(29-14)20-15(24)11-6-7-19-21(11)8-12(22)23/h6-7,9H,5,8H2,1-4H3,(H,20,24)(H,22,23). The van der Waals surface area contributed by atoms with Crippen LogP contribution >= 0.6 is 11.3 Å². The fourth-order valence-corrected chi connectivity index (χ4v) is 3.54. The zero-order chi connectivity index (χ0) is 21.7. The summed E-state index contributed by atoms with van der Waals surface area (Å²) in [6.07, 6.45) is 0.878. The van der Waals surface area contributed by atoms with Crippen LogP contribution in [-0.4, -0.2) is 51.4 Å². The highest BCUT2D eigenvalue weighted by Gasteiger charge is 2.28. The molecule has 0 fully saturated rings. The largest absolute Gasteiger partial charge is 0.480 e. The quantitative estimate of drug-likeness (QED) is 0.617. The first kappa shape index (κ1) is 22.1. The summed E-state index contributed by atoms with van der Waals surface area (Å²) in [5.74, 6) is -3.16. The number of amides is 1. The number of anilines is 1. The van der Waals surface area contributed by atoms with Crippen molar-refractivity contribution in [1.82, 2.24) is 9.78 Å². The van der Waals surface area contributed by atoms with Crippen molar-refractivity contribution in [3.05, 3.63) is 34.0 Å². The van der Waals surface area contributed by atoms with Gasteiger partial charge in [-0.3, -0.25) is 9.59 Å². The Hall–Kier alpha value is -3.21. The number of nitrogens with zero attached hydrogens (tertiary/aromatic N) is 2. The van der Waals surface area contributed by atoms with E-state index in [4.69, 9.17) is 14.6 Å². The highest BCUT2D eigenvalue weighted by atomic mass is 32.1. The molecule has 10 nitrogen and oxygen atoms in total. The molecular formula is C18H21N3O7S. The van der Waals surface area contributed by atoms with Crippen molar-refractivity contribution in [3.63, 3.8) is 0 Å². The molecule has 2 rings (SSSR count). The predicted octanol–water partition coefficient (Wildman–Crippen LogP) is 2.33. The van der Waals surface area contributed by atoms with Crippen LogP contribution < -0.4 is 5.32 Å². The molecule has 2 aromatic heterocycles. The predicted molar refractivity (Wildman–Crippen MR) is 103 cm³/mol. The molecule has 0 aliphatic carbocycles. The van der Waals surface area contributed by atoms with E-state index in [0.717, 1.165) is 16.0 Å². The summed E-state index contributed by atoms with van der Waals surface area (Å²) < 4.78 is 11.2. The Labute approximate surface area is 170 Å². The third-order valence-corrected chi connectivity index (χ3v) is 4.80. The van der Waals surface area contributed by atoms with Crippen LogP contribution in [0.25, 0.3) is 0 Å². The zero-order valence-corrected chi connectivity index (χ0v) is 17.2. The summed E-state index contributed by atoms with van der Waals surface area (Å²) in [7, 11) is 0. The first-order valence-corrected chi connectivity index (χ1v) is 9.53. The molecule has 0 saturated heterocycles. The molecule has 0 bridgehead atoms. The molecule has 156 valence electrons. The number of carboxylic acids is 1. The average Bonchev–Trinajstić information content (AvgIpc) is 3.18. The molecule has 1 amide bonds. The van der Waals surface area contributed by atoms with Crippen molar-refractivity contribution >= 4 is 40.2 Å². The van der Waals surface area contributed by atoms with Gasteiger partial charge in [0.05, 0.1) is 18.3 Å². The maximum atomic E-state index is 12.7. The Balaban J connectivity index is 2.42. The van der Waals surface area contributed by atoms with Gasteiger partial charge in [0.15, 0.2) is 0 Å². The van der Waals surface area contributed by atoms with Crippen LogP contribution in [-0.2, 0) is 20.8 Å². The minimum absolute atomic E-state index is 0.0145. The van der Waals surface area contributed by atoms with Gasteiger partial charge in [0.1, 0.15) is 22.1 Å². The van der Waals surface area contributed by atoms with E-state index < -0.39 is 36.5 Å². The van der Waals surface area contributed by atoms with Gasteiger partial charge in [-0.05, 0) is 39.3 Å². The first-order valence-electron chi connectivity index (χ1n) is 8.72. The van der Waals surface area contributed by atoms with E-state index in [-0.39, 0.29) is 27.7 Å². The van der Waals surface area contributed by atoms with Crippen LogP contribution in [0.5, 0.6) is 0 Å². The normalized spacial score (nSPS) is 10.7. The molecule has 0 saturated carbocycles. The Bertz CT molecular complexity index is 945. The summed E-state index contributed by atoms with van der Waals surface area (Å²) in [5, 5.41) is 15.4. The second-order valence-corrected chi connectivity index (χ2v) is 7.18. The lowest BCUT2D eigenvalue weighted by atomic mass is 10.1. The number of thiophene rings is 1. The molecule has 0 atom stereocenters. The molecule has 0 aliphatic rings. The summed E-state index contributed by atoms with van der Waals surface area (Å²) >= 11 is 0.882. The van der Waals surface area contributed by atoms with E-state index >= 15 is 0 Å². The van der Waals surface area contributed by atoms with E-state index in [9.17, 15) is 19.2 Å². The molecule has 0 spiro atoms. The van der Waals surface area contributed by atoms with Gasteiger partial charge in [0.2, 0.25) is 0 Å². The van der Waals surface area contributed by atoms with Crippen molar-refractivity contribution in [1.29, 1.82) is 0 Å². The summed E-state index contributed by atoms with van der Waals surface area (Å²) in [4.78, 5) is 48.5. The van der Waals surface area contributed by atoms with Crippen molar-refractivity contribution in [2.75, 3.05) is 11.9 Å². The van der Waals surface area contributed by atoms with Crippen LogP contribution in [0.4, 0.5) is 5.00 Å². The number of rotatable bonds is 8. The Morgan fingerprint density at radius 2 is 1.97 bits per heavy atom. The van der Waals surface area contributed by atoms with Gasteiger partial charge in [-0.1, -0.05) is 0 Å². The maximum Gasteiger partial charge on any atom is 0.348 e. The Morgan fingerprint density at radius 3 is 2.55 bits per heavy atom. The molecule has 0 unspecified atom stereocenters. The van der Waals surface area contributed by atoms with E-state index in [0.29, 0.717) is 5.56 Å². The number of ether oxygens (including phenoxy) is 2. The van der Waals surface area contributed by atoms with Crippen LogP contribution in [0.3, 0.4) is 0 Å². The van der Waals surface area contributed by atoms with E-state index in [1.54, 1.807) is 27.7 Å². The smallest absolute Gasteiger partial charge is 0.348 e. The molecule has 0 aliphatic heterocycles. The van der Waals surface area contributed by atoms with Gasteiger partial charge in [-0.2, -0.15) is 5.10 Å². The lowest BCUT2D eigenvalue weighted by Gasteiger charge is -2.10. The number of esters is 2. The van der Waals surface area contributed by atoms with Gasteiger partial charge >= 0.3 is 17.9 Å². The van der Waals surface area contributed by atoms with Gasteiger partial charge in [0.25, 0.3) is 5.91 Å². The number of carboxylic acid groups (broad SMARTS) is 1. The number of carbonyl (C=O) groups is 4. The Kier molecular flexibility index (Phi) is 7.10. The zero-order valence-electron chi connectivity index (χ0n) is 16.3. The van der Waals surface area contributed by atoms with Crippen LogP contribution in [0.2, 0.25) is 0 Å². The third kappa shape index (κ3) is 5.19. The van der Waals surface area contributed by atoms with E-state index in [1.807, 2.05) is 0 Å². The molecule has 2 heterocycles. The molecule has 11 heteroatoms. The third-order valence-electron chi connectivity index (χ3n) is 3.62. The minimum Gasteiger partial charge on any atom is -0.480 e. The minimum atomic E-state index is -1.17. The number of hydrogen-bond acceptors (Lipinski definition) is 8. The van der Waals surface area contributed by atoms with E-state index in [1.165, 1.54) is 12.3 Å². The van der Waals surface area contributed by atoms with Gasteiger partial charge in [0, 0.05) is 6.20 Å². The van der Waals surface area contributed by atoms with Gasteiger partial charge in [-0.25, -0.2) is 14.3 Å². The molecule has 29 heavy (non-hydrogen) atoms. The fraction of sp³-hybridized carbons (Fsp3) is 0.389. The summed E-state index contributed by atoms with van der Waals surface area (Å²) in [5.41, 5.74) is 0.358. The lowest BCUT2D eigenvalue weighted by Crippen LogP contribution is -2.21. The number of aromatic nitrogens is 2. The number of carbonyl (C=O) groups excluding carboxylic acids is 3. The highest BCUT2D eigenvalue weighted by Crippen LogP contribution is 2.34. The lowest BCUT2D eigenvalue weighted by molar-refractivity contribution is -0.137. The molecular weight excluding hydrogens is 402 g/mol. The molecule has 0 aromatic carbocycles. The molecule has 2 aromatic rings. The second-order valence-electron chi connectivity index (χ2n) is 6.16. The maximum absolute atomic E-state index is 12.7. The molecule has 0 radical (unpaired) electrons. The van der Waals surface area contributed by atoms with Gasteiger partial charge < -0.3 is 19.9 Å². The van der Waals surface area contributed by atoms with E-state index in [2.05, 4.69) is 10.4 Å². The van der Waals surface area contributed by atoms with Crippen molar-refractivity contribution in [2.24, 2.45) is 0 Å². The SMILES string of the molecule is CCOC(=O)c1sc(NC(=O)c2ccnn2CC(=O)O)c(C(=O)OC(C)C)c1C. The molecule has 2 N–H and O–H groups in total. The number of nitrogens with one attached hydrogen (secondary N) is 1. The second kappa shape index (κ2) is 9.32. The number of aliphatic carboxylic acids is 1. The summed E-state index contributed by atoms with van der Waals surface area (Å²) in [6.45, 7) is 6.21. The van der Waals surface area contributed by atoms with Crippen LogP contribution in [0, 0.1) is 6.92 Å². The topological polar surface area (TPSA) is 137 Å². The highest BCUT2D eigenvalue weighted by molar-refractivity contribution is 7.18. The van der Waals surface area contributed by atoms with Crippen LogP contribution in [0.15, 0.2) is 12.3 Å².